The zero-order valence-corrected chi connectivity index (χ0v) is 16.5. The number of carbonyl (C=O) groups is 1. The summed E-state index contributed by atoms with van der Waals surface area (Å²) in [6, 6.07) is 1.65. The number of hydrogen-bond acceptors (Lipinski definition) is 9. The highest BCUT2D eigenvalue weighted by Gasteiger charge is 2.20. The van der Waals surface area contributed by atoms with Gasteiger partial charge < -0.3 is 25.6 Å². The van der Waals surface area contributed by atoms with Crippen molar-refractivity contribution in [1.29, 1.82) is 10.8 Å². The predicted molar refractivity (Wildman–Crippen MR) is 106 cm³/mol. The lowest BCUT2D eigenvalue weighted by Crippen LogP contribution is -2.34. The van der Waals surface area contributed by atoms with Crippen LogP contribution in [0.3, 0.4) is 0 Å². The summed E-state index contributed by atoms with van der Waals surface area (Å²) in [4.78, 5) is 11.3. The van der Waals surface area contributed by atoms with Crippen molar-refractivity contribution < 1.29 is 32.3 Å². The zero-order chi connectivity index (χ0) is 22.2. The number of carbonyl (C=O) groups excluding carboxylic acids is 1. The van der Waals surface area contributed by atoms with Gasteiger partial charge in [0.1, 0.15) is 0 Å². The molecule has 0 saturated carbocycles. The van der Waals surface area contributed by atoms with E-state index in [9.17, 15) is 18.3 Å². The molecule has 0 fully saturated rings. The number of methoxy groups -OCH3 is 2. The van der Waals surface area contributed by atoms with Gasteiger partial charge in [-0.25, -0.2) is 0 Å². The number of allylic oxidation sites excluding steroid dienone is 4. The molecule has 0 unspecified atom stereocenters. The summed E-state index contributed by atoms with van der Waals surface area (Å²) in [5.41, 5.74) is 5.23. The number of aromatic hydroxyl groups is 1. The van der Waals surface area contributed by atoms with E-state index in [4.69, 9.17) is 30.6 Å². The molecule has 29 heavy (non-hydrogen) atoms. The fraction of sp³-hybridized carbons (Fsp3) is 0.235. The minimum absolute atomic E-state index is 0.0404. The van der Waals surface area contributed by atoms with Gasteiger partial charge in [-0.05, 0) is 24.3 Å². The van der Waals surface area contributed by atoms with Gasteiger partial charge in [0.25, 0.3) is 16.0 Å². The average molecular weight is 426 g/mol. The Morgan fingerprint density at radius 3 is 2.10 bits per heavy atom. The molecule has 0 bridgehead atoms. The first-order chi connectivity index (χ1) is 13.5. The first-order valence-corrected chi connectivity index (χ1v) is 9.41. The van der Waals surface area contributed by atoms with Gasteiger partial charge in [-0.2, -0.15) is 8.42 Å². The van der Waals surface area contributed by atoms with E-state index in [-0.39, 0.29) is 23.7 Å². The Balaban J connectivity index is 0.000000436. The standard InChI is InChI=1S/C11H16N2O7S.C6H6N2/c1-19-9(20-2)5-13-11(15)7-3-6(21(16,17)18)4-8(12)10(7)14;7-5-3-1-2-4-6(5)8/h3-4,9,14H,5,12H2,1-2H3,(H,13,15)(H,16,17,18);1-4,7-8H. The fourth-order valence-electron chi connectivity index (χ4n) is 1.97. The van der Waals surface area contributed by atoms with E-state index in [2.05, 4.69) is 5.32 Å². The largest absolute Gasteiger partial charge is 0.505 e. The van der Waals surface area contributed by atoms with Gasteiger partial charge in [-0.1, -0.05) is 12.2 Å². The molecule has 0 atom stereocenters. The molecule has 0 aromatic heterocycles. The molecule has 2 rings (SSSR count). The molecule has 7 N–H and O–H groups in total. The predicted octanol–water partition coefficient (Wildman–Crippen LogP) is 0.722. The second-order valence-electron chi connectivity index (χ2n) is 5.54. The molecular formula is C17H22N4O7S. The van der Waals surface area contributed by atoms with E-state index in [0.717, 1.165) is 12.1 Å². The van der Waals surface area contributed by atoms with Gasteiger partial charge >= 0.3 is 0 Å². The van der Waals surface area contributed by atoms with E-state index in [1.54, 1.807) is 24.3 Å². The van der Waals surface area contributed by atoms with Crippen LogP contribution in [-0.2, 0) is 19.6 Å². The number of nitrogens with one attached hydrogen (secondary N) is 3. The lowest BCUT2D eigenvalue weighted by atomic mass is 10.1. The lowest BCUT2D eigenvalue weighted by Gasteiger charge is -2.15. The summed E-state index contributed by atoms with van der Waals surface area (Å²) < 4.78 is 40.8. The maximum absolute atomic E-state index is 11.9. The molecule has 1 aromatic carbocycles. The quantitative estimate of drug-likeness (QED) is 0.126. The van der Waals surface area contributed by atoms with Crippen LogP contribution in [0.4, 0.5) is 5.69 Å². The van der Waals surface area contributed by atoms with Gasteiger partial charge in [0.2, 0.25) is 0 Å². The van der Waals surface area contributed by atoms with Crippen molar-refractivity contribution in [1.82, 2.24) is 5.32 Å². The fourth-order valence-corrected chi connectivity index (χ4v) is 2.51. The highest BCUT2D eigenvalue weighted by molar-refractivity contribution is 7.85. The van der Waals surface area contributed by atoms with Crippen LogP contribution in [-0.4, -0.2) is 62.5 Å². The number of hydrogen-bond donors (Lipinski definition) is 6. The smallest absolute Gasteiger partial charge is 0.294 e. The van der Waals surface area contributed by atoms with Crippen LogP contribution in [0.25, 0.3) is 0 Å². The van der Waals surface area contributed by atoms with Crippen LogP contribution < -0.4 is 11.1 Å². The summed E-state index contributed by atoms with van der Waals surface area (Å²) in [5.74, 6) is -1.39. The van der Waals surface area contributed by atoms with Gasteiger partial charge in [0, 0.05) is 14.2 Å². The van der Waals surface area contributed by atoms with Gasteiger partial charge in [-0.15, -0.1) is 0 Å². The number of nitrogens with two attached hydrogens (primary N) is 1. The summed E-state index contributed by atoms with van der Waals surface area (Å²) in [7, 11) is -1.82. The Morgan fingerprint density at radius 1 is 1.17 bits per heavy atom. The van der Waals surface area contributed by atoms with Gasteiger partial charge in [-0.3, -0.25) is 20.2 Å². The van der Waals surface area contributed by atoms with Gasteiger partial charge in [0.15, 0.2) is 12.0 Å². The normalized spacial score (nSPS) is 13.2. The van der Waals surface area contributed by atoms with E-state index in [1.165, 1.54) is 14.2 Å². The van der Waals surface area contributed by atoms with E-state index < -0.39 is 38.5 Å². The lowest BCUT2D eigenvalue weighted by molar-refractivity contribution is -0.0974. The van der Waals surface area contributed by atoms with E-state index in [1.807, 2.05) is 0 Å². The van der Waals surface area contributed by atoms with Crippen molar-refractivity contribution in [2.45, 2.75) is 11.2 Å². The van der Waals surface area contributed by atoms with Crippen LogP contribution in [0.5, 0.6) is 5.75 Å². The molecule has 0 radical (unpaired) electrons. The second-order valence-corrected chi connectivity index (χ2v) is 6.96. The number of anilines is 1. The van der Waals surface area contributed by atoms with Crippen molar-refractivity contribution in [3.8, 4) is 5.75 Å². The molecule has 11 nitrogen and oxygen atoms in total. The molecule has 0 saturated heterocycles. The van der Waals surface area contributed by atoms with Gasteiger partial charge in [0.05, 0.1) is 34.1 Å². The molecule has 1 aliphatic carbocycles. The van der Waals surface area contributed by atoms with Crippen LogP contribution in [0.15, 0.2) is 41.3 Å². The van der Waals surface area contributed by atoms with Crippen molar-refractivity contribution in [3.63, 3.8) is 0 Å². The van der Waals surface area contributed by atoms with Crippen LogP contribution in [0.1, 0.15) is 10.4 Å². The van der Waals surface area contributed by atoms with E-state index in [0.29, 0.717) is 0 Å². The summed E-state index contributed by atoms with van der Waals surface area (Å²) in [5, 5.41) is 26.1. The topological polar surface area (TPSA) is 196 Å². The van der Waals surface area contributed by atoms with Crippen molar-refractivity contribution >= 4 is 33.1 Å². The monoisotopic (exact) mass is 426 g/mol. The Bertz CT molecular complexity index is 929. The number of benzene rings is 1. The maximum Gasteiger partial charge on any atom is 0.294 e. The Kier molecular flexibility index (Phi) is 8.66. The number of amides is 1. The molecule has 1 amide bonds. The van der Waals surface area contributed by atoms with E-state index >= 15 is 0 Å². The minimum Gasteiger partial charge on any atom is -0.505 e. The summed E-state index contributed by atoms with van der Waals surface area (Å²) >= 11 is 0. The number of phenolic OH excluding ortho intramolecular Hbond substituents is 1. The number of nitrogen functional groups attached to an aromatic ring is 1. The average Bonchev–Trinajstić information content (AvgIpc) is 2.66. The van der Waals surface area contributed by atoms with Crippen molar-refractivity contribution in [3.05, 3.63) is 42.0 Å². The number of ether oxygens (including phenoxy) is 2. The van der Waals surface area contributed by atoms with Crippen LogP contribution in [0.2, 0.25) is 0 Å². The molecule has 0 heterocycles. The van der Waals surface area contributed by atoms with Crippen LogP contribution in [0, 0.1) is 10.8 Å². The first-order valence-electron chi connectivity index (χ1n) is 7.97. The molecule has 0 aliphatic heterocycles. The summed E-state index contributed by atoms with van der Waals surface area (Å²) in [6.07, 6.45) is 5.99. The highest BCUT2D eigenvalue weighted by atomic mass is 32.2. The molecule has 158 valence electrons. The number of phenols is 1. The molecule has 12 heteroatoms. The Morgan fingerprint density at radius 2 is 1.69 bits per heavy atom. The Hall–Kier alpha value is -3.06. The second kappa shape index (κ2) is 10.5. The van der Waals surface area contributed by atoms with Crippen molar-refractivity contribution in [2.24, 2.45) is 0 Å². The summed E-state index contributed by atoms with van der Waals surface area (Å²) in [6.45, 7) is -0.0404. The zero-order valence-electron chi connectivity index (χ0n) is 15.7. The minimum atomic E-state index is -4.56. The molecule has 0 spiro atoms. The third kappa shape index (κ3) is 7.12. The molecule has 1 aromatic rings. The first kappa shape index (κ1) is 24.0. The Labute approximate surface area is 167 Å². The molecular weight excluding hydrogens is 404 g/mol. The third-order valence-electron chi connectivity index (χ3n) is 3.54. The SMILES string of the molecule is COC(CNC(=O)c1cc(S(=O)(=O)O)cc(N)c1O)OC.N=C1C=CC=CC1=N. The number of rotatable bonds is 6. The molecule has 1 aliphatic rings. The maximum atomic E-state index is 11.9. The third-order valence-corrected chi connectivity index (χ3v) is 4.37. The van der Waals surface area contributed by atoms with Crippen LogP contribution >= 0.6 is 0 Å². The van der Waals surface area contributed by atoms with Crippen molar-refractivity contribution in [2.75, 3.05) is 26.5 Å². The highest BCUT2D eigenvalue weighted by Crippen LogP contribution is 2.28.